The zero-order valence-electron chi connectivity index (χ0n) is 14.1. The van der Waals surface area contributed by atoms with Crippen LogP contribution in [0.1, 0.15) is 56.6 Å². The lowest BCUT2D eigenvalue weighted by molar-refractivity contribution is 0.223. The summed E-state index contributed by atoms with van der Waals surface area (Å²) < 4.78 is 5.65. The van der Waals surface area contributed by atoms with E-state index in [1.807, 2.05) is 0 Å². The molecule has 3 unspecified atom stereocenters. The number of benzene rings is 1. The molecule has 2 heteroatoms. The number of rotatable bonds is 6. The lowest BCUT2D eigenvalue weighted by Crippen LogP contribution is -2.32. The highest BCUT2D eigenvalue weighted by molar-refractivity contribution is 5.40. The van der Waals surface area contributed by atoms with Crippen molar-refractivity contribution in [3.05, 3.63) is 29.3 Å². The summed E-state index contributed by atoms with van der Waals surface area (Å²) in [5.74, 6) is 3.32. The van der Waals surface area contributed by atoms with E-state index in [1.54, 1.807) is 7.11 Å². The molecule has 0 heterocycles. The standard InChI is InChI=1S/C19H31NO/c1-5-15-8-9-16(13-20-6-2)17(12-15)18-11-14(3)7-10-19(18)21-4/h7,10-11,15-17,20H,5-6,8-9,12-13H2,1-4H3. The fourth-order valence-corrected chi connectivity index (χ4v) is 3.79. The Bertz CT molecular complexity index is 443. The highest BCUT2D eigenvalue weighted by Gasteiger charge is 2.32. The molecule has 2 rings (SSSR count). The van der Waals surface area contributed by atoms with Gasteiger partial charge in [-0.2, -0.15) is 0 Å². The number of aryl methyl sites for hydroxylation is 1. The SMILES string of the molecule is CCNCC1CCC(CC)CC1c1cc(C)ccc1OC. The fourth-order valence-electron chi connectivity index (χ4n) is 3.79. The van der Waals surface area contributed by atoms with Gasteiger partial charge < -0.3 is 10.1 Å². The summed E-state index contributed by atoms with van der Waals surface area (Å²) >= 11 is 0. The number of hydrogen-bond donors (Lipinski definition) is 1. The molecule has 1 aromatic rings. The number of hydrogen-bond acceptors (Lipinski definition) is 2. The molecule has 21 heavy (non-hydrogen) atoms. The summed E-state index contributed by atoms with van der Waals surface area (Å²) in [5.41, 5.74) is 2.77. The molecular weight excluding hydrogens is 258 g/mol. The summed E-state index contributed by atoms with van der Waals surface area (Å²) in [6.45, 7) is 8.90. The van der Waals surface area contributed by atoms with E-state index in [-0.39, 0.29) is 0 Å². The van der Waals surface area contributed by atoms with Gasteiger partial charge in [0.1, 0.15) is 5.75 Å². The number of ether oxygens (including phenoxy) is 1. The van der Waals surface area contributed by atoms with Crippen molar-refractivity contribution in [1.82, 2.24) is 5.32 Å². The van der Waals surface area contributed by atoms with Crippen LogP contribution >= 0.6 is 0 Å². The third-order valence-electron chi connectivity index (χ3n) is 5.12. The molecular formula is C19H31NO. The predicted molar refractivity (Wildman–Crippen MR) is 90.1 cm³/mol. The molecule has 0 aliphatic heterocycles. The molecule has 0 radical (unpaired) electrons. The Morgan fingerprint density at radius 1 is 1.24 bits per heavy atom. The molecule has 0 saturated heterocycles. The second-order valence-corrected chi connectivity index (χ2v) is 6.51. The summed E-state index contributed by atoms with van der Waals surface area (Å²) in [5, 5.41) is 3.56. The van der Waals surface area contributed by atoms with Gasteiger partial charge >= 0.3 is 0 Å². The summed E-state index contributed by atoms with van der Waals surface area (Å²) in [6, 6.07) is 6.65. The van der Waals surface area contributed by atoms with Crippen LogP contribution in [-0.2, 0) is 0 Å². The maximum atomic E-state index is 5.65. The first-order valence-corrected chi connectivity index (χ1v) is 8.54. The highest BCUT2D eigenvalue weighted by atomic mass is 16.5. The molecule has 0 bridgehead atoms. The quantitative estimate of drug-likeness (QED) is 0.831. The molecule has 118 valence electrons. The lowest BCUT2D eigenvalue weighted by Gasteiger charge is -2.37. The minimum atomic E-state index is 0.637. The molecule has 0 spiro atoms. The van der Waals surface area contributed by atoms with Crippen molar-refractivity contribution in [2.24, 2.45) is 11.8 Å². The second-order valence-electron chi connectivity index (χ2n) is 6.51. The Morgan fingerprint density at radius 2 is 2.05 bits per heavy atom. The summed E-state index contributed by atoms with van der Waals surface area (Å²) in [6.07, 6.45) is 5.34. The van der Waals surface area contributed by atoms with Gasteiger partial charge in [-0.25, -0.2) is 0 Å². The smallest absolute Gasteiger partial charge is 0.122 e. The van der Waals surface area contributed by atoms with E-state index in [0.29, 0.717) is 5.92 Å². The van der Waals surface area contributed by atoms with Crippen LogP contribution in [0.15, 0.2) is 18.2 Å². The van der Waals surface area contributed by atoms with Gasteiger partial charge in [0.05, 0.1) is 7.11 Å². The average Bonchev–Trinajstić information content (AvgIpc) is 2.52. The van der Waals surface area contributed by atoms with Crippen LogP contribution in [0.4, 0.5) is 0 Å². The maximum absolute atomic E-state index is 5.65. The van der Waals surface area contributed by atoms with E-state index in [0.717, 1.165) is 30.7 Å². The summed E-state index contributed by atoms with van der Waals surface area (Å²) in [4.78, 5) is 0. The molecule has 3 atom stereocenters. The van der Waals surface area contributed by atoms with Crippen molar-refractivity contribution in [1.29, 1.82) is 0 Å². The van der Waals surface area contributed by atoms with Crippen LogP contribution in [0, 0.1) is 18.8 Å². The first-order valence-electron chi connectivity index (χ1n) is 8.54. The van der Waals surface area contributed by atoms with Crippen molar-refractivity contribution in [2.45, 2.75) is 52.4 Å². The largest absolute Gasteiger partial charge is 0.496 e. The van der Waals surface area contributed by atoms with E-state index in [4.69, 9.17) is 4.74 Å². The van der Waals surface area contributed by atoms with Crippen molar-refractivity contribution in [3.8, 4) is 5.75 Å². The Kier molecular flexibility index (Phi) is 6.10. The van der Waals surface area contributed by atoms with Crippen molar-refractivity contribution >= 4 is 0 Å². The predicted octanol–water partition coefficient (Wildman–Crippen LogP) is 4.52. The van der Waals surface area contributed by atoms with Crippen LogP contribution in [0.3, 0.4) is 0 Å². The van der Waals surface area contributed by atoms with E-state index in [9.17, 15) is 0 Å². The monoisotopic (exact) mass is 289 g/mol. The van der Waals surface area contributed by atoms with Crippen LogP contribution in [0.2, 0.25) is 0 Å². The van der Waals surface area contributed by atoms with E-state index in [2.05, 4.69) is 44.3 Å². The first-order chi connectivity index (χ1) is 10.2. The van der Waals surface area contributed by atoms with E-state index >= 15 is 0 Å². The van der Waals surface area contributed by atoms with E-state index in [1.165, 1.54) is 36.8 Å². The van der Waals surface area contributed by atoms with Crippen molar-refractivity contribution in [3.63, 3.8) is 0 Å². The van der Waals surface area contributed by atoms with Crippen LogP contribution in [0.25, 0.3) is 0 Å². The van der Waals surface area contributed by atoms with E-state index < -0.39 is 0 Å². The zero-order valence-corrected chi connectivity index (χ0v) is 14.1. The third kappa shape index (κ3) is 4.00. The summed E-state index contributed by atoms with van der Waals surface area (Å²) in [7, 11) is 1.80. The zero-order chi connectivity index (χ0) is 15.2. The first kappa shape index (κ1) is 16.4. The molecule has 1 aliphatic rings. The Labute approximate surface area is 130 Å². The fraction of sp³-hybridized carbons (Fsp3) is 0.684. The molecule has 0 aromatic heterocycles. The van der Waals surface area contributed by atoms with Crippen LogP contribution in [0.5, 0.6) is 5.75 Å². The highest BCUT2D eigenvalue weighted by Crippen LogP contribution is 2.44. The van der Waals surface area contributed by atoms with Gasteiger partial charge in [0.15, 0.2) is 0 Å². The van der Waals surface area contributed by atoms with Gasteiger partial charge in [-0.3, -0.25) is 0 Å². The van der Waals surface area contributed by atoms with Gasteiger partial charge in [0, 0.05) is 0 Å². The molecule has 1 aromatic carbocycles. The topological polar surface area (TPSA) is 21.3 Å². The molecule has 1 N–H and O–H groups in total. The lowest BCUT2D eigenvalue weighted by atomic mass is 9.70. The molecule has 1 aliphatic carbocycles. The molecule has 1 saturated carbocycles. The maximum Gasteiger partial charge on any atom is 0.122 e. The molecule has 1 fully saturated rings. The van der Waals surface area contributed by atoms with Crippen LogP contribution in [-0.4, -0.2) is 20.2 Å². The third-order valence-corrected chi connectivity index (χ3v) is 5.12. The Hall–Kier alpha value is -1.02. The van der Waals surface area contributed by atoms with Gasteiger partial charge in [0.25, 0.3) is 0 Å². The Morgan fingerprint density at radius 3 is 2.71 bits per heavy atom. The van der Waals surface area contributed by atoms with Crippen LogP contribution < -0.4 is 10.1 Å². The van der Waals surface area contributed by atoms with Gasteiger partial charge in [-0.05, 0) is 62.2 Å². The minimum Gasteiger partial charge on any atom is -0.496 e. The Balaban J connectivity index is 2.27. The number of methoxy groups -OCH3 is 1. The second kappa shape index (κ2) is 7.84. The minimum absolute atomic E-state index is 0.637. The average molecular weight is 289 g/mol. The normalized spacial score (nSPS) is 25.8. The van der Waals surface area contributed by atoms with Crippen molar-refractivity contribution < 1.29 is 4.74 Å². The van der Waals surface area contributed by atoms with Gasteiger partial charge in [0.2, 0.25) is 0 Å². The van der Waals surface area contributed by atoms with Gasteiger partial charge in [-0.1, -0.05) is 44.4 Å². The van der Waals surface area contributed by atoms with Gasteiger partial charge in [-0.15, -0.1) is 0 Å². The molecule has 2 nitrogen and oxygen atoms in total. The molecule has 0 amide bonds. The number of nitrogens with one attached hydrogen (secondary N) is 1. The van der Waals surface area contributed by atoms with Crippen molar-refractivity contribution in [2.75, 3.05) is 20.2 Å².